The number of allylic oxidation sites excluding steroid dienone is 1. The Morgan fingerprint density at radius 2 is 1.62 bits per heavy atom. The van der Waals surface area contributed by atoms with Crippen LogP contribution in [-0.2, 0) is 55.6 Å². The molecule has 1 aromatic rings. The molecule has 0 radical (unpaired) electrons. The molecule has 2 rings (SSSR count). The molecule has 1 aliphatic heterocycles. The SMILES string of the molecule is CCC(C)/C=C/[C@@H](OC(C)=O)[C@H](OC(C)=O)[C@@H](OC(C)=O)[C@@H](OC)C(=O)N[C@H]1CCCCN(Cc2ccc(F)c(C(F)(F)F)c2)C1=O. The average molecular weight is 675 g/mol. The smallest absolute Gasteiger partial charge is 0.419 e. The van der Waals surface area contributed by atoms with Gasteiger partial charge in [-0.3, -0.25) is 24.0 Å². The van der Waals surface area contributed by atoms with Crippen molar-refractivity contribution in [1.29, 1.82) is 0 Å². The lowest BCUT2D eigenvalue weighted by Crippen LogP contribution is -2.58. The first-order valence-electron chi connectivity index (χ1n) is 15.2. The summed E-state index contributed by atoms with van der Waals surface area (Å²) >= 11 is 0. The predicted molar refractivity (Wildman–Crippen MR) is 159 cm³/mol. The van der Waals surface area contributed by atoms with E-state index in [0.29, 0.717) is 25.0 Å². The van der Waals surface area contributed by atoms with Gasteiger partial charge in [-0.2, -0.15) is 13.2 Å². The number of ether oxygens (including phenoxy) is 4. The molecule has 47 heavy (non-hydrogen) atoms. The van der Waals surface area contributed by atoms with Gasteiger partial charge in [-0.05, 0) is 49.0 Å². The third-order valence-electron chi connectivity index (χ3n) is 7.44. The molecule has 0 spiro atoms. The summed E-state index contributed by atoms with van der Waals surface area (Å²) in [7, 11) is 1.12. The van der Waals surface area contributed by atoms with Gasteiger partial charge >= 0.3 is 24.1 Å². The lowest BCUT2D eigenvalue weighted by molar-refractivity contribution is -0.192. The van der Waals surface area contributed by atoms with E-state index in [0.717, 1.165) is 40.4 Å². The lowest BCUT2D eigenvalue weighted by atomic mass is 9.98. The van der Waals surface area contributed by atoms with E-state index < -0.39 is 77.7 Å². The molecule has 1 N–H and O–H groups in total. The molecule has 0 aromatic heterocycles. The zero-order valence-electron chi connectivity index (χ0n) is 27.2. The van der Waals surface area contributed by atoms with Crippen molar-refractivity contribution in [1.82, 2.24) is 10.2 Å². The maximum atomic E-state index is 13.8. The van der Waals surface area contributed by atoms with E-state index in [1.807, 2.05) is 13.8 Å². The summed E-state index contributed by atoms with van der Waals surface area (Å²) in [6.45, 7) is 6.92. The summed E-state index contributed by atoms with van der Waals surface area (Å²) in [6.07, 6.45) is -6.19. The average Bonchev–Trinajstić information content (AvgIpc) is 3.14. The van der Waals surface area contributed by atoms with Gasteiger partial charge in [0.1, 0.15) is 11.9 Å². The second kappa shape index (κ2) is 17.8. The molecule has 262 valence electrons. The van der Waals surface area contributed by atoms with Crippen LogP contribution in [0, 0.1) is 11.7 Å². The third-order valence-corrected chi connectivity index (χ3v) is 7.44. The fourth-order valence-corrected chi connectivity index (χ4v) is 5.00. The number of hydrogen-bond acceptors (Lipinski definition) is 9. The van der Waals surface area contributed by atoms with Gasteiger partial charge in [-0.1, -0.05) is 32.4 Å². The van der Waals surface area contributed by atoms with Crippen LogP contribution in [0.15, 0.2) is 30.4 Å². The van der Waals surface area contributed by atoms with E-state index in [-0.39, 0.29) is 31.0 Å². The summed E-state index contributed by atoms with van der Waals surface area (Å²) in [4.78, 5) is 64.9. The van der Waals surface area contributed by atoms with Crippen LogP contribution in [0.25, 0.3) is 0 Å². The third kappa shape index (κ3) is 11.9. The molecule has 0 saturated carbocycles. The van der Waals surface area contributed by atoms with Crippen LogP contribution in [0.3, 0.4) is 0 Å². The van der Waals surface area contributed by atoms with Gasteiger partial charge in [0.25, 0.3) is 5.91 Å². The van der Waals surface area contributed by atoms with E-state index in [1.54, 1.807) is 6.08 Å². The molecule has 1 unspecified atom stereocenters. The Morgan fingerprint density at radius 3 is 2.17 bits per heavy atom. The molecule has 1 aliphatic rings. The van der Waals surface area contributed by atoms with E-state index >= 15 is 0 Å². The Morgan fingerprint density at radius 1 is 1.00 bits per heavy atom. The molecule has 6 atom stereocenters. The van der Waals surface area contributed by atoms with Gasteiger partial charge in [0.2, 0.25) is 5.91 Å². The molecule has 0 aliphatic carbocycles. The highest BCUT2D eigenvalue weighted by molar-refractivity contribution is 5.90. The van der Waals surface area contributed by atoms with Gasteiger partial charge in [-0.25, -0.2) is 4.39 Å². The Labute approximate surface area is 270 Å². The first kappa shape index (κ1) is 39.2. The fraction of sp³-hybridized carbons (Fsp3) is 0.594. The van der Waals surface area contributed by atoms with Crippen molar-refractivity contribution in [2.45, 2.75) is 103 Å². The Kier molecular flexibility index (Phi) is 14.8. The molecule has 1 saturated heterocycles. The van der Waals surface area contributed by atoms with Crippen LogP contribution in [0.5, 0.6) is 0 Å². The molecule has 11 nitrogen and oxygen atoms in total. The number of nitrogens with one attached hydrogen (secondary N) is 1. The molecular formula is C32H42F4N2O9. The number of hydrogen-bond donors (Lipinski definition) is 1. The summed E-state index contributed by atoms with van der Waals surface area (Å²) < 4.78 is 75.3. The lowest BCUT2D eigenvalue weighted by Gasteiger charge is -2.34. The number of benzene rings is 1. The van der Waals surface area contributed by atoms with Gasteiger partial charge in [0, 0.05) is 41.0 Å². The zero-order valence-corrected chi connectivity index (χ0v) is 27.2. The maximum Gasteiger partial charge on any atom is 0.419 e. The van der Waals surface area contributed by atoms with Crippen LogP contribution < -0.4 is 5.32 Å². The second-order valence-corrected chi connectivity index (χ2v) is 11.3. The van der Waals surface area contributed by atoms with Gasteiger partial charge in [-0.15, -0.1) is 0 Å². The van der Waals surface area contributed by atoms with E-state index in [9.17, 15) is 41.5 Å². The molecule has 2 amide bonds. The van der Waals surface area contributed by atoms with E-state index in [2.05, 4.69) is 5.32 Å². The van der Waals surface area contributed by atoms with Crippen LogP contribution in [-0.4, -0.2) is 78.7 Å². The Balaban J connectivity index is 2.41. The summed E-state index contributed by atoms with van der Waals surface area (Å²) in [6, 6.07) is 1.30. The molecule has 1 aromatic carbocycles. The van der Waals surface area contributed by atoms with Crippen molar-refractivity contribution in [3.05, 3.63) is 47.3 Å². The van der Waals surface area contributed by atoms with Crippen molar-refractivity contribution in [3.63, 3.8) is 0 Å². The number of likely N-dealkylation sites (tertiary alicyclic amines) is 1. The van der Waals surface area contributed by atoms with Crippen LogP contribution in [0.4, 0.5) is 17.6 Å². The van der Waals surface area contributed by atoms with Crippen molar-refractivity contribution < 1.29 is 60.5 Å². The van der Waals surface area contributed by atoms with Crippen LogP contribution in [0.1, 0.15) is 71.4 Å². The monoisotopic (exact) mass is 674 g/mol. The standard InChI is InChI=1S/C32H42F4N2O9/c1-7-18(2)11-14-26(45-19(3)39)27(46-20(4)40)28(47-21(5)41)29(44-6)30(42)37-25-10-8-9-15-38(31(25)43)17-22-12-13-24(33)23(16-22)32(34,35)36/h11-14,16,18,25-29H,7-10,15,17H2,1-6H3,(H,37,42)/b14-11+/t18?,25-,26+,27-,28+,29+/m0/s1. The van der Waals surface area contributed by atoms with Crippen molar-refractivity contribution >= 4 is 29.7 Å². The predicted octanol–water partition coefficient (Wildman–Crippen LogP) is 4.25. The number of carbonyl (C=O) groups is 5. The summed E-state index contributed by atoms with van der Waals surface area (Å²) in [5.74, 6) is -5.47. The van der Waals surface area contributed by atoms with Gasteiger partial charge in [0.15, 0.2) is 24.4 Å². The minimum atomic E-state index is -4.94. The number of nitrogens with zero attached hydrogens (tertiary/aromatic N) is 1. The van der Waals surface area contributed by atoms with Crippen LogP contribution in [0.2, 0.25) is 0 Å². The molecular weight excluding hydrogens is 632 g/mol. The highest BCUT2D eigenvalue weighted by Gasteiger charge is 2.45. The number of rotatable bonds is 14. The largest absolute Gasteiger partial charge is 0.455 e. The first-order valence-corrected chi connectivity index (χ1v) is 15.2. The topological polar surface area (TPSA) is 138 Å². The minimum absolute atomic E-state index is 0.0129. The molecule has 1 fully saturated rings. The highest BCUT2D eigenvalue weighted by atomic mass is 19.4. The number of amides is 2. The first-order chi connectivity index (χ1) is 22.0. The van der Waals surface area contributed by atoms with Crippen molar-refractivity contribution in [2.75, 3.05) is 13.7 Å². The van der Waals surface area contributed by atoms with Crippen LogP contribution >= 0.6 is 0 Å². The quantitative estimate of drug-likeness (QED) is 0.133. The molecule has 0 bridgehead atoms. The fourth-order valence-electron chi connectivity index (χ4n) is 5.00. The maximum absolute atomic E-state index is 13.8. The number of alkyl halides is 3. The number of halogens is 4. The Bertz CT molecular complexity index is 1300. The zero-order chi connectivity index (χ0) is 35.5. The highest BCUT2D eigenvalue weighted by Crippen LogP contribution is 2.32. The summed E-state index contributed by atoms with van der Waals surface area (Å²) in [5.41, 5.74) is -1.43. The summed E-state index contributed by atoms with van der Waals surface area (Å²) in [5, 5.41) is 2.57. The van der Waals surface area contributed by atoms with Crippen molar-refractivity contribution in [2.24, 2.45) is 5.92 Å². The Hall–Kier alpha value is -4.01. The van der Waals surface area contributed by atoms with Gasteiger partial charge in [0.05, 0.1) is 5.56 Å². The molecule has 15 heteroatoms. The van der Waals surface area contributed by atoms with Crippen molar-refractivity contribution in [3.8, 4) is 0 Å². The van der Waals surface area contributed by atoms with E-state index in [1.165, 1.54) is 11.0 Å². The number of esters is 3. The normalized spacial score (nSPS) is 18.8. The minimum Gasteiger partial charge on any atom is -0.455 e. The number of carbonyl (C=O) groups excluding carboxylic acids is 5. The second-order valence-electron chi connectivity index (χ2n) is 11.3. The number of methoxy groups -OCH3 is 1. The molecule has 1 heterocycles. The van der Waals surface area contributed by atoms with Gasteiger partial charge < -0.3 is 29.2 Å². The van der Waals surface area contributed by atoms with E-state index in [4.69, 9.17) is 18.9 Å².